The normalized spacial score (nSPS) is 15.3. The number of fused-ring (bicyclic) bond motifs is 1. The Kier molecular flexibility index (Phi) is 4.15. The van der Waals surface area contributed by atoms with E-state index in [1.165, 1.54) is 18.4 Å². The van der Waals surface area contributed by atoms with E-state index in [4.69, 9.17) is 0 Å². The van der Waals surface area contributed by atoms with E-state index in [-0.39, 0.29) is 10.8 Å². The van der Waals surface area contributed by atoms with Crippen molar-refractivity contribution in [3.05, 3.63) is 23.8 Å². The third-order valence-corrected chi connectivity index (χ3v) is 5.36. The molecule has 110 valence electrons. The molecular formula is C14H20N2O3S. The van der Waals surface area contributed by atoms with Crippen LogP contribution >= 0.6 is 0 Å². The number of sulfonamides is 1. The molecule has 0 fully saturated rings. The van der Waals surface area contributed by atoms with Crippen LogP contribution in [0.25, 0.3) is 0 Å². The highest BCUT2D eigenvalue weighted by Gasteiger charge is 2.24. The molecule has 6 heteroatoms. The molecule has 2 rings (SSSR count). The summed E-state index contributed by atoms with van der Waals surface area (Å²) in [6, 6.07) is 5.02. The van der Waals surface area contributed by atoms with Gasteiger partial charge in [-0.05, 0) is 36.6 Å². The number of carbonyl (C=O) groups is 1. The first kappa shape index (κ1) is 15.0. The van der Waals surface area contributed by atoms with Gasteiger partial charge in [-0.2, -0.15) is 0 Å². The second-order valence-corrected chi connectivity index (χ2v) is 7.23. The number of anilines is 1. The lowest BCUT2D eigenvalue weighted by atomic mass is 10.0. The first-order valence-corrected chi connectivity index (χ1v) is 8.17. The maximum atomic E-state index is 12.1. The molecule has 0 radical (unpaired) electrons. The average molecular weight is 296 g/mol. The first-order valence-electron chi connectivity index (χ1n) is 6.73. The molecule has 0 aromatic heterocycles. The molecule has 0 saturated carbocycles. The third kappa shape index (κ3) is 2.58. The average Bonchev–Trinajstić information content (AvgIpc) is 2.44. The van der Waals surface area contributed by atoms with E-state index in [0.29, 0.717) is 13.0 Å². The number of hydrogen-bond acceptors (Lipinski definition) is 3. The van der Waals surface area contributed by atoms with Crippen molar-refractivity contribution in [1.82, 2.24) is 4.31 Å². The fraction of sp³-hybridized carbons (Fsp3) is 0.500. The molecule has 1 heterocycles. The third-order valence-electron chi connectivity index (χ3n) is 3.55. The van der Waals surface area contributed by atoms with Crippen LogP contribution in [0.2, 0.25) is 0 Å². The van der Waals surface area contributed by atoms with E-state index >= 15 is 0 Å². The van der Waals surface area contributed by atoms with Gasteiger partial charge in [-0.15, -0.1) is 0 Å². The Morgan fingerprint density at radius 3 is 2.65 bits per heavy atom. The zero-order valence-electron chi connectivity index (χ0n) is 12.1. The number of hydrogen-bond donors (Lipinski definition) is 0. The highest BCUT2D eigenvalue weighted by Crippen LogP contribution is 2.30. The quantitative estimate of drug-likeness (QED) is 0.852. The van der Waals surface area contributed by atoms with Crippen molar-refractivity contribution in [3.63, 3.8) is 0 Å². The van der Waals surface area contributed by atoms with Crippen LogP contribution in [0.1, 0.15) is 25.3 Å². The van der Waals surface area contributed by atoms with Crippen molar-refractivity contribution >= 4 is 21.6 Å². The molecule has 0 saturated heterocycles. The highest BCUT2D eigenvalue weighted by atomic mass is 32.2. The van der Waals surface area contributed by atoms with E-state index in [9.17, 15) is 13.2 Å². The number of aryl methyl sites for hydroxylation is 1. The molecule has 1 aliphatic rings. The van der Waals surface area contributed by atoms with Crippen LogP contribution in [0.3, 0.4) is 0 Å². The second kappa shape index (κ2) is 5.54. The molecule has 1 aromatic rings. The maximum Gasteiger partial charge on any atom is 0.242 e. The van der Waals surface area contributed by atoms with Gasteiger partial charge < -0.3 is 4.90 Å². The second-order valence-electron chi connectivity index (χ2n) is 5.08. The Morgan fingerprint density at radius 2 is 2.05 bits per heavy atom. The van der Waals surface area contributed by atoms with Crippen LogP contribution in [0.15, 0.2) is 23.1 Å². The van der Waals surface area contributed by atoms with Crippen molar-refractivity contribution in [3.8, 4) is 0 Å². The number of rotatable bonds is 3. The molecule has 0 spiro atoms. The summed E-state index contributed by atoms with van der Waals surface area (Å²) in [7, 11) is -0.393. The largest absolute Gasteiger partial charge is 0.312 e. The summed E-state index contributed by atoms with van der Waals surface area (Å²) in [4.78, 5) is 14.0. The van der Waals surface area contributed by atoms with Crippen molar-refractivity contribution in [1.29, 1.82) is 0 Å². The summed E-state index contributed by atoms with van der Waals surface area (Å²) in [5.74, 6) is 0.0779. The summed E-state index contributed by atoms with van der Waals surface area (Å²) < 4.78 is 25.5. The van der Waals surface area contributed by atoms with Gasteiger partial charge in [0.05, 0.1) is 4.90 Å². The Bertz CT molecular complexity index is 623. The number of benzene rings is 1. The maximum absolute atomic E-state index is 12.1. The van der Waals surface area contributed by atoms with Gasteiger partial charge in [0.15, 0.2) is 0 Å². The lowest BCUT2D eigenvalue weighted by Gasteiger charge is -2.29. The first-order chi connectivity index (χ1) is 9.37. The summed E-state index contributed by atoms with van der Waals surface area (Å²) in [5.41, 5.74) is 1.78. The van der Waals surface area contributed by atoms with Gasteiger partial charge in [-0.25, -0.2) is 12.7 Å². The van der Waals surface area contributed by atoms with Crippen LogP contribution in [-0.4, -0.2) is 39.3 Å². The minimum Gasteiger partial charge on any atom is -0.312 e. The highest BCUT2D eigenvalue weighted by molar-refractivity contribution is 7.89. The molecule has 0 aliphatic carbocycles. The van der Waals surface area contributed by atoms with Crippen LogP contribution < -0.4 is 4.90 Å². The Labute approximate surface area is 120 Å². The number of carbonyl (C=O) groups excluding carboxylic acids is 1. The fourth-order valence-electron chi connectivity index (χ4n) is 2.39. The minimum atomic E-state index is -3.42. The van der Waals surface area contributed by atoms with Gasteiger partial charge in [0.1, 0.15) is 0 Å². The van der Waals surface area contributed by atoms with Gasteiger partial charge in [-0.1, -0.05) is 6.92 Å². The number of nitrogens with zero attached hydrogens (tertiary/aromatic N) is 2. The topological polar surface area (TPSA) is 57.7 Å². The van der Waals surface area contributed by atoms with Gasteiger partial charge in [0.25, 0.3) is 0 Å². The smallest absolute Gasteiger partial charge is 0.242 e. The predicted octanol–water partition coefficient (Wildman–Crippen LogP) is 1.63. The van der Waals surface area contributed by atoms with E-state index in [0.717, 1.165) is 24.1 Å². The minimum absolute atomic E-state index is 0.0779. The van der Waals surface area contributed by atoms with E-state index < -0.39 is 10.0 Å². The van der Waals surface area contributed by atoms with E-state index in [2.05, 4.69) is 0 Å². The lowest BCUT2D eigenvalue weighted by Crippen LogP contribution is -2.35. The van der Waals surface area contributed by atoms with Gasteiger partial charge in [-0.3, -0.25) is 4.79 Å². The predicted molar refractivity (Wildman–Crippen MR) is 78.3 cm³/mol. The Hall–Kier alpha value is -1.40. The zero-order valence-corrected chi connectivity index (χ0v) is 12.9. The Morgan fingerprint density at radius 1 is 1.35 bits per heavy atom. The van der Waals surface area contributed by atoms with Gasteiger partial charge in [0.2, 0.25) is 15.9 Å². The molecule has 1 aromatic carbocycles. The molecule has 5 nitrogen and oxygen atoms in total. The molecule has 1 aliphatic heterocycles. The van der Waals surface area contributed by atoms with Crippen LogP contribution in [0.4, 0.5) is 5.69 Å². The molecule has 0 bridgehead atoms. The standard InChI is InChI=1S/C14H20N2O3S/c1-4-14(17)16-9-5-6-11-10-12(7-8-13(11)16)20(18,19)15(2)3/h7-8,10H,4-6,9H2,1-3H3. The molecular weight excluding hydrogens is 276 g/mol. The lowest BCUT2D eigenvalue weighted by molar-refractivity contribution is -0.118. The molecule has 0 atom stereocenters. The van der Waals surface area contributed by atoms with Gasteiger partial charge >= 0.3 is 0 Å². The summed E-state index contributed by atoms with van der Waals surface area (Å²) in [6.07, 6.45) is 2.13. The molecule has 1 amide bonds. The van der Waals surface area contributed by atoms with E-state index in [1.807, 2.05) is 6.92 Å². The summed E-state index contributed by atoms with van der Waals surface area (Å²) in [6.45, 7) is 2.54. The molecule has 20 heavy (non-hydrogen) atoms. The molecule has 0 unspecified atom stereocenters. The summed E-state index contributed by atoms with van der Waals surface area (Å²) >= 11 is 0. The van der Waals surface area contributed by atoms with Gasteiger partial charge in [0, 0.05) is 32.7 Å². The fourth-order valence-corrected chi connectivity index (χ4v) is 3.35. The number of amides is 1. The van der Waals surface area contributed by atoms with Crippen LogP contribution in [0.5, 0.6) is 0 Å². The summed E-state index contributed by atoms with van der Waals surface area (Å²) in [5, 5.41) is 0. The van der Waals surface area contributed by atoms with Crippen molar-refractivity contribution in [2.24, 2.45) is 0 Å². The monoisotopic (exact) mass is 296 g/mol. The van der Waals surface area contributed by atoms with Crippen molar-refractivity contribution in [2.45, 2.75) is 31.1 Å². The van der Waals surface area contributed by atoms with Crippen LogP contribution in [0, 0.1) is 0 Å². The van der Waals surface area contributed by atoms with Crippen molar-refractivity contribution in [2.75, 3.05) is 25.5 Å². The van der Waals surface area contributed by atoms with E-state index in [1.54, 1.807) is 23.1 Å². The Balaban J connectivity index is 2.45. The zero-order chi connectivity index (χ0) is 14.9. The molecule has 0 N–H and O–H groups in total. The van der Waals surface area contributed by atoms with Crippen LogP contribution in [-0.2, 0) is 21.2 Å². The van der Waals surface area contributed by atoms with Crippen molar-refractivity contribution < 1.29 is 13.2 Å². The SMILES string of the molecule is CCC(=O)N1CCCc2cc(S(=O)(=O)N(C)C)ccc21.